The molecule has 1 N–H and O–H groups in total. The summed E-state index contributed by atoms with van der Waals surface area (Å²) in [6.45, 7) is 7.13. The molecule has 14 heavy (non-hydrogen) atoms. The average Bonchev–Trinajstić information content (AvgIpc) is 2.77. The van der Waals surface area contributed by atoms with E-state index in [1.165, 1.54) is 19.4 Å². The summed E-state index contributed by atoms with van der Waals surface area (Å²) in [7, 11) is 0. The van der Waals surface area contributed by atoms with E-state index in [2.05, 4.69) is 17.1 Å². The first kappa shape index (κ1) is 9.77. The fraction of sp³-hybridized carbons (Fsp3) is 0.900. The number of likely N-dealkylation sites (N-methyl/N-ethyl adjacent to an activating group) is 1. The average molecular weight is 197 g/mol. The molecule has 2 heterocycles. The van der Waals surface area contributed by atoms with E-state index in [0.717, 1.165) is 26.2 Å². The molecule has 0 radical (unpaired) electrons. The Morgan fingerprint density at radius 3 is 3.00 bits per heavy atom. The number of likely N-dealkylation sites (tertiary alicyclic amines) is 1. The number of carbonyl (C=O) groups excluding carboxylic acids is 1. The van der Waals surface area contributed by atoms with Gasteiger partial charge in [-0.25, -0.2) is 4.79 Å². The van der Waals surface area contributed by atoms with Gasteiger partial charge in [0.25, 0.3) is 0 Å². The van der Waals surface area contributed by atoms with Gasteiger partial charge < -0.3 is 10.2 Å². The Morgan fingerprint density at radius 1 is 1.50 bits per heavy atom. The van der Waals surface area contributed by atoms with Crippen molar-refractivity contribution in [3.05, 3.63) is 0 Å². The molecule has 0 aromatic heterocycles. The predicted molar refractivity (Wildman–Crippen MR) is 55.2 cm³/mol. The van der Waals surface area contributed by atoms with Gasteiger partial charge in [-0.1, -0.05) is 6.92 Å². The molecule has 2 aliphatic heterocycles. The largest absolute Gasteiger partial charge is 0.336 e. The van der Waals surface area contributed by atoms with Crippen LogP contribution in [-0.2, 0) is 0 Å². The van der Waals surface area contributed by atoms with Gasteiger partial charge in [0.1, 0.15) is 0 Å². The van der Waals surface area contributed by atoms with Crippen molar-refractivity contribution >= 4 is 6.03 Å². The van der Waals surface area contributed by atoms with Crippen LogP contribution in [0.15, 0.2) is 0 Å². The fourth-order valence-electron chi connectivity index (χ4n) is 2.46. The maximum atomic E-state index is 11.4. The number of hydrogen-bond acceptors (Lipinski definition) is 2. The Kier molecular flexibility index (Phi) is 2.91. The molecule has 2 rings (SSSR count). The highest BCUT2D eigenvalue weighted by Crippen LogP contribution is 2.18. The lowest BCUT2D eigenvalue weighted by molar-refractivity contribution is 0.187. The highest BCUT2D eigenvalue weighted by atomic mass is 16.2. The summed E-state index contributed by atoms with van der Waals surface area (Å²) < 4.78 is 0. The molecule has 0 aromatic carbocycles. The SMILES string of the molecule is CCN1CCCC1CN1CCNC1=O. The van der Waals surface area contributed by atoms with Gasteiger partial charge in [-0.3, -0.25) is 4.90 Å². The zero-order valence-corrected chi connectivity index (χ0v) is 8.83. The molecule has 4 nitrogen and oxygen atoms in total. The van der Waals surface area contributed by atoms with E-state index < -0.39 is 0 Å². The van der Waals surface area contributed by atoms with Gasteiger partial charge >= 0.3 is 6.03 Å². The second kappa shape index (κ2) is 4.17. The van der Waals surface area contributed by atoms with E-state index in [4.69, 9.17) is 0 Å². The highest BCUT2D eigenvalue weighted by molar-refractivity contribution is 5.76. The van der Waals surface area contributed by atoms with Crippen LogP contribution in [0.3, 0.4) is 0 Å². The van der Waals surface area contributed by atoms with Crippen molar-refractivity contribution in [1.82, 2.24) is 15.1 Å². The van der Waals surface area contributed by atoms with Crippen molar-refractivity contribution in [3.8, 4) is 0 Å². The summed E-state index contributed by atoms with van der Waals surface area (Å²) in [6, 6.07) is 0.719. The van der Waals surface area contributed by atoms with Crippen LogP contribution in [0.25, 0.3) is 0 Å². The van der Waals surface area contributed by atoms with Crippen LogP contribution in [-0.4, -0.2) is 54.6 Å². The predicted octanol–water partition coefficient (Wildman–Crippen LogP) is 0.496. The van der Waals surface area contributed by atoms with Crippen molar-refractivity contribution in [2.24, 2.45) is 0 Å². The van der Waals surface area contributed by atoms with E-state index in [9.17, 15) is 4.79 Å². The first-order chi connectivity index (χ1) is 6.81. The maximum Gasteiger partial charge on any atom is 0.317 e. The first-order valence-electron chi connectivity index (χ1n) is 5.58. The molecule has 0 bridgehead atoms. The summed E-state index contributed by atoms with van der Waals surface area (Å²) in [5.41, 5.74) is 0. The second-order valence-corrected chi connectivity index (χ2v) is 4.10. The van der Waals surface area contributed by atoms with Gasteiger partial charge in [-0.15, -0.1) is 0 Å². The lowest BCUT2D eigenvalue weighted by Gasteiger charge is -2.26. The van der Waals surface area contributed by atoms with Crippen molar-refractivity contribution in [2.45, 2.75) is 25.8 Å². The minimum absolute atomic E-state index is 0.118. The van der Waals surface area contributed by atoms with Crippen molar-refractivity contribution in [3.63, 3.8) is 0 Å². The number of nitrogens with one attached hydrogen (secondary N) is 1. The van der Waals surface area contributed by atoms with Crippen LogP contribution in [0.5, 0.6) is 0 Å². The van der Waals surface area contributed by atoms with Crippen LogP contribution >= 0.6 is 0 Å². The zero-order chi connectivity index (χ0) is 9.97. The molecule has 0 spiro atoms. The van der Waals surface area contributed by atoms with Crippen molar-refractivity contribution < 1.29 is 4.79 Å². The Balaban J connectivity index is 1.86. The minimum atomic E-state index is 0.118. The molecule has 0 aliphatic carbocycles. The van der Waals surface area contributed by atoms with Gasteiger partial charge in [0, 0.05) is 25.7 Å². The molecule has 2 aliphatic rings. The molecule has 2 saturated heterocycles. The number of hydrogen-bond donors (Lipinski definition) is 1. The van der Waals surface area contributed by atoms with Crippen molar-refractivity contribution in [1.29, 1.82) is 0 Å². The smallest absolute Gasteiger partial charge is 0.317 e. The third kappa shape index (κ3) is 1.85. The number of carbonyl (C=O) groups is 1. The Bertz CT molecular complexity index is 219. The first-order valence-corrected chi connectivity index (χ1v) is 5.58. The van der Waals surface area contributed by atoms with E-state index in [1.807, 2.05) is 4.90 Å². The van der Waals surface area contributed by atoms with Crippen LogP contribution in [0, 0.1) is 0 Å². The Hall–Kier alpha value is -0.770. The summed E-state index contributed by atoms with van der Waals surface area (Å²) in [4.78, 5) is 15.8. The maximum absolute atomic E-state index is 11.4. The normalized spacial score (nSPS) is 28.5. The molecule has 2 fully saturated rings. The van der Waals surface area contributed by atoms with Gasteiger partial charge in [0.15, 0.2) is 0 Å². The van der Waals surface area contributed by atoms with Gasteiger partial charge in [0.2, 0.25) is 0 Å². The summed E-state index contributed by atoms with van der Waals surface area (Å²) >= 11 is 0. The van der Waals surface area contributed by atoms with E-state index in [-0.39, 0.29) is 6.03 Å². The number of urea groups is 1. The van der Waals surface area contributed by atoms with E-state index >= 15 is 0 Å². The standard InChI is InChI=1S/C10H19N3O/c1-2-12-6-3-4-9(12)8-13-7-5-11-10(13)14/h9H,2-8H2,1H3,(H,11,14). The third-order valence-corrected chi connectivity index (χ3v) is 3.28. The molecule has 0 aromatic rings. The van der Waals surface area contributed by atoms with E-state index in [1.54, 1.807) is 0 Å². The van der Waals surface area contributed by atoms with Crippen molar-refractivity contribution in [2.75, 3.05) is 32.7 Å². The van der Waals surface area contributed by atoms with Crippen LogP contribution in [0.2, 0.25) is 0 Å². The molecule has 1 atom stereocenters. The van der Waals surface area contributed by atoms with Gasteiger partial charge in [-0.05, 0) is 25.9 Å². The summed E-state index contributed by atoms with van der Waals surface area (Å²) in [6.07, 6.45) is 2.53. The molecular weight excluding hydrogens is 178 g/mol. The molecule has 4 heteroatoms. The molecule has 0 saturated carbocycles. The minimum Gasteiger partial charge on any atom is -0.336 e. The molecule has 2 amide bonds. The van der Waals surface area contributed by atoms with Gasteiger partial charge in [0.05, 0.1) is 0 Å². The zero-order valence-electron chi connectivity index (χ0n) is 8.83. The third-order valence-electron chi connectivity index (χ3n) is 3.28. The van der Waals surface area contributed by atoms with Crippen LogP contribution in [0.4, 0.5) is 4.79 Å². The fourth-order valence-corrected chi connectivity index (χ4v) is 2.46. The second-order valence-electron chi connectivity index (χ2n) is 4.10. The molecular formula is C10H19N3O. The number of amides is 2. The lowest BCUT2D eigenvalue weighted by Crippen LogP contribution is -2.41. The Morgan fingerprint density at radius 2 is 2.36 bits per heavy atom. The van der Waals surface area contributed by atoms with Crippen LogP contribution in [0.1, 0.15) is 19.8 Å². The monoisotopic (exact) mass is 197 g/mol. The lowest BCUT2D eigenvalue weighted by atomic mass is 10.2. The van der Waals surface area contributed by atoms with E-state index in [0.29, 0.717) is 6.04 Å². The quantitative estimate of drug-likeness (QED) is 0.715. The topological polar surface area (TPSA) is 35.6 Å². The summed E-state index contributed by atoms with van der Waals surface area (Å²) in [5.74, 6) is 0. The Labute approximate surface area is 85.2 Å². The summed E-state index contributed by atoms with van der Waals surface area (Å²) in [5, 5.41) is 2.84. The van der Waals surface area contributed by atoms with Crippen LogP contribution < -0.4 is 5.32 Å². The molecule has 80 valence electrons. The molecule has 1 unspecified atom stereocenters. The highest BCUT2D eigenvalue weighted by Gasteiger charge is 2.28. The number of nitrogens with zero attached hydrogens (tertiary/aromatic N) is 2. The number of rotatable bonds is 3. The van der Waals surface area contributed by atoms with Gasteiger partial charge in [-0.2, -0.15) is 0 Å².